The Balaban J connectivity index is 1.92. The molecule has 1 saturated carbocycles. The highest BCUT2D eigenvalue weighted by atomic mass is 19.1. The topological polar surface area (TPSA) is 41.5 Å². The van der Waals surface area contributed by atoms with E-state index >= 15 is 0 Å². The van der Waals surface area contributed by atoms with Gasteiger partial charge >= 0.3 is 0 Å². The molecule has 0 aliphatic heterocycles. The van der Waals surface area contributed by atoms with E-state index in [1.54, 1.807) is 0 Å². The summed E-state index contributed by atoms with van der Waals surface area (Å²) < 4.78 is 18.8. The lowest BCUT2D eigenvalue weighted by atomic mass is 9.64. The molecule has 106 valence electrons. The third kappa shape index (κ3) is 2.90. The molecule has 2 N–H and O–H groups in total. The number of phenolic OH excluding ortho intramolecular Hbond substituents is 1. The lowest BCUT2D eigenvalue weighted by Crippen LogP contribution is -2.60. The summed E-state index contributed by atoms with van der Waals surface area (Å²) in [5.41, 5.74) is 0.662. The second-order valence-corrected chi connectivity index (χ2v) is 5.71. The normalized spacial score (nSPS) is 25.1. The van der Waals surface area contributed by atoms with E-state index in [2.05, 4.69) is 19.2 Å². The number of ether oxygens (including phenoxy) is 1. The number of benzene rings is 1. The Labute approximate surface area is 113 Å². The van der Waals surface area contributed by atoms with Crippen LogP contribution >= 0.6 is 0 Å². The van der Waals surface area contributed by atoms with Crippen LogP contribution in [-0.4, -0.2) is 23.9 Å². The Kier molecular flexibility index (Phi) is 4.11. The van der Waals surface area contributed by atoms with Crippen molar-refractivity contribution < 1.29 is 14.2 Å². The van der Waals surface area contributed by atoms with E-state index in [0.717, 1.165) is 13.0 Å². The lowest BCUT2D eigenvalue weighted by Gasteiger charge is -2.52. The molecule has 1 aromatic carbocycles. The monoisotopic (exact) mass is 267 g/mol. The van der Waals surface area contributed by atoms with Gasteiger partial charge in [-0.15, -0.1) is 0 Å². The Hall–Kier alpha value is -1.13. The minimum Gasteiger partial charge on any atom is -0.508 e. The highest BCUT2D eigenvalue weighted by Gasteiger charge is 2.48. The standard InChI is InChI=1S/C15H22FNO2/c1-4-19-14-8-13(15(14,2)3)17-9-10-7-11(16)5-6-12(10)18/h5-7,13-14,17-18H,4,8-9H2,1-3H3. The van der Waals surface area contributed by atoms with E-state index in [0.29, 0.717) is 18.2 Å². The average Bonchev–Trinajstić information content (AvgIpc) is 2.36. The van der Waals surface area contributed by atoms with Crippen molar-refractivity contribution >= 4 is 0 Å². The second kappa shape index (κ2) is 5.47. The fourth-order valence-corrected chi connectivity index (χ4v) is 2.64. The van der Waals surface area contributed by atoms with Gasteiger partial charge in [0, 0.05) is 30.2 Å². The average molecular weight is 267 g/mol. The number of phenols is 1. The molecule has 0 radical (unpaired) electrons. The van der Waals surface area contributed by atoms with Crippen molar-refractivity contribution in [1.29, 1.82) is 0 Å². The van der Waals surface area contributed by atoms with Crippen molar-refractivity contribution in [3.8, 4) is 5.75 Å². The van der Waals surface area contributed by atoms with Crippen LogP contribution in [0.2, 0.25) is 0 Å². The fraction of sp³-hybridized carbons (Fsp3) is 0.600. The van der Waals surface area contributed by atoms with Crippen LogP contribution < -0.4 is 5.32 Å². The van der Waals surface area contributed by atoms with E-state index in [-0.39, 0.29) is 23.1 Å². The van der Waals surface area contributed by atoms with Gasteiger partial charge in [-0.3, -0.25) is 0 Å². The molecule has 0 bridgehead atoms. The van der Waals surface area contributed by atoms with E-state index < -0.39 is 0 Å². The molecular formula is C15H22FNO2. The molecule has 0 saturated heterocycles. The molecule has 1 aliphatic rings. The Morgan fingerprint density at radius 3 is 2.84 bits per heavy atom. The minimum absolute atomic E-state index is 0.0684. The zero-order valence-electron chi connectivity index (χ0n) is 11.7. The van der Waals surface area contributed by atoms with Crippen LogP contribution in [0.4, 0.5) is 4.39 Å². The molecule has 0 spiro atoms. The Morgan fingerprint density at radius 1 is 1.47 bits per heavy atom. The van der Waals surface area contributed by atoms with Crippen molar-refractivity contribution in [2.24, 2.45) is 5.41 Å². The largest absolute Gasteiger partial charge is 0.508 e. The molecule has 19 heavy (non-hydrogen) atoms. The summed E-state index contributed by atoms with van der Waals surface area (Å²) in [4.78, 5) is 0. The molecule has 1 aliphatic carbocycles. The number of aromatic hydroxyl groups is 1. The first-order valence-corrected chi connectivity index (χ1v) is 6.77. The number of hydrogen-bond acceptors (Lipinski definition) is 3. The molecule has 1 aromatic rings. The summed E-state index contributed by atoms with van der Waals surface area (Å²) in [6.45, 7) is 7.53. The molecular weight excluding hydrogens is 245 g/mol. The maximum atomic E-state index is 13.1. The maximum absolute atomic E-state index is 13.1. The molecule has 4 heteroatoms. The van der Waals surface area contributed by atoms with Crippen molar-refractivity contribution in [3.63, 3.8) is 0 Å². The van der Waals surface area contributed by atoms with E-state index in [1.807, 2.05) is 6.92 Å². The molecule has 2 atom stereocenters. The smallest absolute Gasteiger partial charge is 0.123 e. The van der Waals surface area contributed by atoms with Gasteiger partial charge in [-0.2, -0.15) is 0 Å². The van der Waals surface area contributed by atoms with Gasteiger partial charge in [-0.05, 0) is 31.5 Å². The van der Waals surface area contributed by atoms with Gasteiger partial charge < -0.3 is 15.2 Å². The minimum atomic E-state index is -0.324. The second-order valence-electron chi connectivity index (χ2n) is 5.71. The van der Waals surface area contributed by atoms with Crippen LogP contribution in [0.5, 0.6) is 5.75 Å². The molecule has 0 aromatic heterocycles. The summed E-state index contributed by atoms with van der Waals surface area (Å²) in [6, 6.07) is 4.35. The Morgan fingerprint density at radius 2 is 2.21 bits per heavy atom. The molecule has 0 heterocycles. The van der Waals surface area contributed by atoms with Crippen LogP contribution in [0.3, 0.4) is 0 Å². The van der Waals surface area contributed by atoms with Crippen LogP contribution in [0.15, 0.2) is 18.2 Å². The van der Waals surface area contributed by atoms with Crippen LogP contribution in [-0.2, 0) is 11.3 Å². The van der Waals surface area contributed by atoms with Gasteiger partial charge in [0.15, 0.2) is 0 Å². The van der Waals surface area contributed by atoms with Crippen LogP contribution in [0.1, 0.15) is 32.8 Å². The zero-order chi connectivity index (χ0) is 14.0. The molecule has 1 fully saturated rings. The zero-order valence-corrected chi connectivity index (χ0v) is 11.7. The number of hydrogen-bond donors (Lipinski definition) is 2. The summed E-state index contributed by atoms with van der Waals surface area (Å²) in [5.74, 6) is -0.193. The summed E-state index contributed by atoms with van der Waals surface area (Å²) in [6.07, 6.45) is 1.23. The number of nitrogens with one attached hydrogen (secondary N) is 1. The van der Waals surface area contributed by atoms with Gasteiger partial charge in [0.2, 0.25) is 0 Å². The van der Waals surface area contributed by atoms with Crippen molar-refractivity contribution in [2.75, 3.05) is 6.61 Å². The first-order chi connectivity index (χ1) is 8.95. The quantitative estimate of drug-likeness (QED) is 0.862. The van der Waals surface area contributed by atoms with Crippen molar-refractivity contribution in [2.45, 2.75) is 45.9 Å². The predicted molar refractivity (Wildman–Crippen MR) is 72.5 cm³/mol. The molecule has 0 amide bonds. The van der Waals surface area contributed by atoms with Gasteiger partial charge in [-0.25, -0.2) is 4.39 Å². The number of rotatable bonds is 5. The van der Waals surface area contributed by atoms with E-state index in [4.69, 9.17) is 4.74 Å². The van der Waals surface area contributed by atoms with Gasteiger partial charge in [-0.1, -0.05) is 13.8 Å². The highest BCUT2D eigenvalue weighted by molar-refractivity contribution is 5.32. The fourth-order valence-electron chi connectivity index (χ4n) is 2.64. The lowest BCUT2D eigenvalue weighted by molar-refractivity contribution is -0.114. The number of halogens is 1. The first-order valence-electron chi connectivity index (χ1n) is 6.77. The summed E-state index contributed by atoms with van der Waals surface area (Å²) >= 11 is 0. The van der Waals surface area contributed by atoms with E-state index in [9.17, 15) is 9.50 Å². The van der Waals surface area contributed by atoms with Crippen LogP contribution in [0.25, 0.3) is 0 Å². The third-order valence-electron chi connectivity index (χ3n) is 4.13. The van der Waals surface area contributed by atoms with Crippen molar-refractivity contribution in [1.82, 2.24) is 5.32 Å². The van der Waals surface area contributed by atoms with Crippen molar-refractivity contribution in [3.05, 3.63) is 29.6 Å². The third-order valence-corrected chi connectivity index (χ3v) is 4.13. The summed E-state index contributed by atoms with van der Waals surface area (Å²) in [5, 5.41) is 13.0. The van der Waals surface area contributed by atoms with Gasteiger partial charge in [0.1, 0.15) is 11.6 Å². The molecule has 2 rings (SSSR count). The summed E-state index contributed by atoms with van der Waals surface area (Å²) in [7, 11) is 0. The first kappa shape index (κ1) is 14.3. The van der Waals surface area contributed by atoms with Gasteiger partial charge in [0.25, 0.3) is 0 Å². The Bertz CT molecular complexity index is 448. The SMILES string of the molecule is CCOC1CC(NCc2cc(F)ccc2O)C1(C)C. The predicted octanol–water partition coefficient (Wildman–Crippen LogP) is 2.82. The molecule has 3 nitrogen and oxygen atoms in total. The maximum Gasteiger partial charge on any atom is 0.123 e. The highest BCUT2D eigenvalue weighted by Crippen LogP contribution is 2.42. The molecule has 2 unspecified atom stereocenters. The van der Waals surface area contributed by atoms with Gasteiger partial charge in [0.05, 0.1) is 6.10 Å². The van der Waals surface area contributed by atoms with E-state index in [1.165, 1.54) is 18.2 Å². The van der Waals surface area contributed by atoms with Crippen LogP contribution in [0, 0.1) is 11.2 Å².